The van der Waals surface area contributed by atoms with E-state index in [9.17, 15) is 9.59 Å². The topological polar surface area (TPSA) is 67.9 Å². The van der Waals surface area contributed by atoms with Gasteiger partial charge in [0.15, 0.2) is 0 Å². The summed E-state index contributed by atoms with van der Waals surface area (Å²) in [6, 6.07) is 9.62. The Morgan fingerprint density at radius 2 is 2.04 bits per heavy atom. The summed E-state index contributed by atoms with van der Waals surface area (Å²) < 4.78 is 10.6. The molecule has 142 valence electrons. The van der Waals surface area contributed by atoms with Gasteiger partial charge in [0.05, 0.1) is 12.5 Å². The van der Waals surface area contributed by atoms with Gasteiger partial charge in [0.2, 0.25) is 0 Å². The molecule has 26 heavy (non-hydrogen) atoms. The molecule has 0 spiro atoms. The SMILES string of the molecule is COC(=O)[C@@]12C[C@@H]3CNC[C@@H]3[C@@H]1CN(C(=O)OCc1ccccc1)C2.Cl. The van der Waals surface area contributed by atoms with Crippen LogP contribution in [0.3, 0.4) is 0 Å². The molecule has 2 heterocycles. The fraction of sp³-hybridized carbons (Fsp3) is 0.579. The number of hydrogen-bond acceptors (Lipinski definition) is 5. The monoisotopic (exact) mass is 380 g/mol. The Balaban J connectivity index is 0.00000196. The highest BCUT2D eigenvalue weighted by atomic mass is 35.5. The molecule has 2 aliphatic heterocycles. The maximum atomic E-state index is 12.6. The van der Waals surface area contributed by atoms with Crippen LogP contribution in [-0.4, -0.2) is 50.3 Å². The van der Waals surface area contributed by atoms with Crippen LogP contribution in [0.25, 0.3) is 0 Å². The Morgan fingerprint density at radius 1 is 1.27 bits per heavy atom. The highest BCUT2D eigenvalue weighted by molar-refractivity contribution is 5.85. The van der Waals surface area contributed by atoms with Crippen molar-refractivity contribution in [2.45, 2.75) is 13.0 Å². The molecule has 1 amide bonds. The zero-order chi connectivity index (χ0) is 17.4. The second-order valence-electron chi connectivity index (χ2n) is 7.46. The number of amides is 1. The Labute approximate surface area is 159 Å². The molecule has 1 aliphatic carbocycles. The van der Waals surface area contributed by atoms with Gasteiger partial charge >= 0.3 is 12.1 Å². The van der Waals surface area contributed by atoms with Crippen LogP contribution in [0.2, 0.25) is 0 Å². The van der Waals surface area contributed by atoms with E-state index in [1.165, 1.54) is 7.11 Å². The summed E-state index contributed by atoms with van der Waals surface area (Å²) in [6.45, 7) is 3.11. The van der Waals surface area contributed by atoms with Crippen LogP contribution in [0.15, 0.2) is 30.3 Å². The summed E-state index contributed by atoms with van der Waals surface area (Å²) >= 11 is 0. The van der Waals surface area contributed by atoms with Gasteiger partial charge < -0.3 is 19.7 Å². The second kappa shape index (κ2) is 7.45. The zero-order valence-corrected chi connectivity index (χ0v) is 15.7. The van der Waals surface area contributed by atoms with E-state index in [2.05, 4.69) is 5.32 Å². The lowest BCUT2D eigenvalue weighted by Gasteiger charge is -2.27. The minimum Gasteiger partial charge on any atom is -0.469 e. The molecule has 1 saturated carbocycles. The van der Waals surface area contributed by atoms with Crippen molar-refractivity contribution in [1.82, 2.24) is 10.2 Å². The normalized spacial score (nSPS) is 31.7. The molecule has 4 atom stereocenters. The molecule has 1 aromatic carbocycles. The number of hydrogen-bond donors (Lipinski definition) is 1. The third kappa shape index (κ3) is 3.05. The Bertz CT molecular complexity index is 671. The predicted octanol–water partition coefficient (Wildman–Crippen LogP) is 2.08. The summed E-state index contributed by atoms with van der Waals surface area (Å²) in [6.07, 6.45) is 0.453. The lowest BCUT2D eigenvalue weighted by atomic mass is 9.78. The van der Waals surface area contributed by atoms with E-state index >= 15 is 0 Å². The summed E-state index contributed by atoms with van der Waals surface area (Å²) in [7, 11) is 1.44. The quantitative estimate of drug-likeness (QED) is 0.813. The van der Waals surface area contributed by atoms with E-state index < -0.39 is 5.41 Å². The molecule has 0 bridgehead atoms. The van der Waals surface area contributed by atoms with Crippen LogP contribution in [0, 0.1) is 23.2 Å². The molecule has 6 nitrogen and oxygen atoms in total. The van der Waals surface area contributed by atoms with Crippen LogP contribution in [0.5, 0.6) is 0 Å². The summed E-state index contributed by atoms with van der Waals surface area (Å²) in [4.78, 5) is 26.8. The van der Waals surface area contributed by atoms with Crippen LogP contribution in [0.1, 0.15) is 12.0 Å². The number of halogens is 1. The first-order valence-corrected chi connectivity index (χ1v) is 8.89. The van der Waals surface area contributed by atoms with Crippen molar-refractivity contribution in [3.63, 3.8) is 0 Å². The highest BCUT2D eigenvalue weighted by Crippen LogP contribution is 2.56. The predicted molar refractivity (Wildman–Crippen MR) is 97.9 cm³/mol. The molecule has 0 radical (unpaired) electrons. The number of fused-ring (bicyclic) bond motifs is 3. The third-order valence-electron chi connectivity index (χ3n) is 6.19. The molecule has 1 N–H and O–H groups in total. The van der Waals surface area contributed by atoms with E-state index in [1.54, 1.807) is 4.90 Å². The van der Waals surface area contributed by atoms with Crippen LogP contribution < -0.4 is 5.32 Å². The number of carbonyl (C=O) groups is 2. The lowest BCUT2D eigenvalue weighted by molar-refractivity contribution is -0.153. The van der Waals surface area contributed by atoms with Gasteiger partial charge in [0.1, 0.15) is 6.61 Å². The molecule has 0 unspecified atom stereocenters. The summed E-state index contributed by atoms with van der Waals surface area (Å²) in [5, 5.41) is 3.41. The molecule has 0 aromatic heterocycles. The smallest absolute Gasteiger partial charge is 0.410 e. The number of carbonyl (C=O) groups excluding carboxylic acids is 2. The minimum atomic E-state index is -0.558. The molecule has 3 fully saturated rings. The molecule has 3 aliphatic rings. The van der Waals surface area contributed by atoms with Gasteiger partial charge in [0.25, 0.3) is 0 Å². The standard InChI is InChI=1S/C19H24N2O4.ClH/c1-24-17(22)19-7-14-8-20-9-15(14)16(19)10-21(12-19)18(23)25-11-13-5-3-2-4-6-13;/h2-6,14-16,20H,7-12H2,1H3;1H/t14-,15+,16+,19-;/m1./s1. The molecular formula is C19H25ClN2O4. The van der Waals surface area contributed by atoms with Crippen LogP contribution >= 0.6 is 12.4 Å². The third-order valence-corrected chi connectivity index (χ3v) is 6.19. The van der Waals surface area contributed by atoms with E-state index in [1.807, 2.05) is 30.3 Å². The van der Waals surface area contributed by atoms with E-state index in [0.717, 1.165) is 25.1 Å². The van der Waals surface area contributed by atoms with Gasteiger partial charge in [-0.3, -0.25) is 4.79 Å². The van der Waals surface area contributed by atoms with Crippen molar-refractivity contribution >= 4 is 24.5 Å². The first-order valence-electron chi connectivity index (χ1n) is 8.89. The van der Waals surface area contributed by atoms with Crippen molar-refractivity contribution in [3.8, 4) is 0 Å². The van der Waals surface area contributed by atoms with Crippen LogP contribution in [0.4, 0.5) is 4.79 Å². The van der Waals surface area contributed by atoms with Gasteiger partial charge in [0, 0.05) is 13.1 Å². The van der Waals surface area contributed by atoms with Crippen molar-refractivity contribution < 1.29 is 19.1 Å². The number of benzene rings is 1. The largest absolute Gasteiger partial charge is 0.469 e. The number of rotatable bonds is 3. The van der Waals surface area contributed by atoms with Crippen molar-refractivity contribution in [2.75, 3.05) is 33.3 Å². The number of likely N-dealkylation sites (tertiary alicyclic amines) is 1. The Morgan fingerprint density at radius 3 is 2.77 bits per heavy atom. The van der Waals surface area contributed by atoms with E-state index in [-0.39, 0.29) is 37.0 Å². The first-order chi connectivity index (χ1) is 12.1. The minimum absolute atomic E-state index is 0. The van der Waals surface area contributed by atoms with Gasteiger partial charge in [-0.25, -0.2) is 4.79 Å². The number of nitrogens with one attached hydrogen (secondary N) is 1. The summed E-state index contributed by atoms with van der Waals surface area (Å²) in [5.74, 6) is 0.923. The molecule has 1 aromatic rings. The Kier molecular flexibility index (Phi) is 5.44. The van der Waals surface area contributed by atoms with Crippen molar-refractivity contribution in [3.05, 3.63) is 35.9 Å². The molecular weight excluding hydrogens is 356 g/mol. The summed E-state index contributed by atoms with van der Waals surface area (Å²) in [5.41, 5.74) is 0.399. The molecule has 7 heteroatoms. The van der Waals surface area contributed by atoms with Crippen molar-refractivity contribution in [2.24, 2.45) is 23.2 Å². The van der Waals surface area contributed by atoms with Gasteiger partial charge in [-0.05, 0) is 42.8 Å². The average Bonchev–Trinajstić information content (AvgIpc) is 3.30. The number of ether oxygens (including phenoxy) is 2. The van der Waals surface area contributed by atoms with Crippen LogP contribution in [-0.2, 0) is 20.9 Å². The van der Waals surface area contributed by atoms with Gasteiger partial charge in [-0.1, -0.05) is 30.3 Å². The molecule has 2 saturated heterocycles. The Hall–Kier alpha value is -1.79. The van der Waals surface area contributed by atoms with E-state index in [4.69, 9.17) is 9.47 Å². The second-order valence-corrected chi connectivity index (χ2v) is 7.46. The fourth-order valence-corrected chi connectivity index (χ4v) is 5.06. The number of methoxy groups -OCH3 is 1. The van der Waals surface area contributed by atoms with E-state index in [0.29, 0.717) is 24.9 Å². The highest BCUT2D eigenvalue weighted by Gasteiger charge is 2.64. The van der Waals surface area contributed by atoms with Crippen molar-refractivity contribution in [1.29, 1.82) is 0 Å². The maximum absolute atomic E-state index is 12.6. The molecule has 4 rings (SSSR count). The zero-order valence-electron chi connectivity index (χ0n) is 14.8. The van der Waals surface area contributed by atoms with Gasteiger partial charge in [-0.2, -0.15) is 0 Å². The lowest BCUT2D eigenvalue weighted by Crippen LogP contribution is -2.40. The first kappa shape index (κ1) is 19.0. The number of nitrogens with zero attached hydrogens (tertiary/aromatic N) is 1. The average molecular weight is 381 g/mol. The fourth-order valence-electron chi connectivity index (χ4n) is 5.06. The van der Waals surface area contributed by atoms with Gasteiger partial charge in [-0.15, -0.1) is 12.4 Å². The maximum Gasteiger partial charge on any atom is 0.410 e. The number of esters is 1.